The molecule has 0 radical (unpaired) electrons. The molecule has 1 heterocycles. The third kappa shape index (κ3) is 4.81. The van der Waals surface area contributed by atoms with E-state index in [-0.39, 0.29) is 24.4 Å². The van der Waals surface area contributed by atoms with Crippen LogP contribution >= 0.6 is 0 Å². The van der Waals surface area contributed by atoms with Crippen molar-refractivity contribution in [3.05, 3.63) is 29.3 Å². The summed E-state index contributed by atoms with van der Waals surface area (Å²) >= 11 is 0. The molecule has 5 heteroatoms. The predicted molar refractivity (Wildman–Crippen MR) is 97.0 cm³/mol. The van der Waals surface area contributed by atoms with Crippen LogP contribution in [0.4, 0.5) is 5.69 Å². The Morgan fingerprint density at radius 3 is 2.58 bits per heavy atom. The van der Waals surface area contributed by atoms with Gasteiger partial charge in [-0.3, -0.25) is 14.5 Å². The van der Waals surface area contributed by atoms with E-state index >= 15 is 0 Å². The minimum absolute atomic E-state index is 0.000338. The molecule has 0 aliphatic carbocycles. The summed E-state index contributed by atoms with van der Waals surface area (Å²) in [6.07, 6.45) is 2.36. The van der Waals surface area contributed by atoms with E-state index < -0.39 is 0 Å². The van der Waals surface area contributed by atoms with Crippen LogP contribution in [-0.4, -0.2) is 42.4 Å². The molecule has 2 N–H and O–H groups in total. The van der Waals surface area contributed by atoms with E-state index in [9.17, 15) is 9.59 Å². The molecule has 1 aromatic carbocycles. The van der Waals surface area contributed by atoms with Crippen molar-refractivity contribution in [1.82, 2.24) is 10.2 Å². The average molecular weight is 331 g/mol. The van der Waals surface area contributed by atoms with Crippen LogP contribution in [0.25, 0.3) is 0 Å². The van der Waals surface area contributed by atoms with Crippen LogP contribution in [0.5, 0.6) is 0 Å². The zero-order valence-electron chi connectivity index (χ0n) is 15.2. The second-order valence-electron chi connectivity index (χ2n) is 6.95. The van der Waals surface area contributed by atoms with E-state index in [0.29, 0.717) is 5.92 Å². The van der Waals surface area contributed by atoms with Crippen LogP contribution < -0.4 is 10.6 Å². The molecule has 1 fully saturated rings. The van der Waals surface area contributed by atoms with Crippen LogP contribution in [0, 0.1) is 19.8 Å². The maximum atomic E-state index is 12.3. The van der Waals surface area contributed by atoms with Gasteiger partial charge in [-0.1, -0.05) is 25.1 Å². The lowest BCUT2D eigenvalue weighted by Crippen LogP contribution is -2.49. The summed E-state index contributed by atoms with van der Waals surface area (Å²) in [6, 6.07) is 5.69. The molecule has 0 aromatic heterocycles. The Morgan fingerprint density at radius 1 is 1.29 bits per heavy atom. The summed E-state index contributed by atoms with van der Waals surface area (Å²) in [5, 5.41) is 5.65. The first-order chi connectivity index (χ1) is 11.4. The van der Waals surface area contributed by atoms with E-state index in [1.807, 2.05) is 39.0 Å². The minimum Gasteiger partial charge on any atom is -0.346 e. The van der Waals surface area contributed by atoms with Gasteiger partial charge in [0.05, 0.1) is 12.6 Å². The number of benzene rings is 1. The van der Waals surface area contributed by atoms with Crippen molar-refractivity contribution in [3.8, 4) is 0 Å². The summed E-state index contributed by atoms with van der Waals surface area (Å²) < 4.78 is 0. The number of amides is 2. The van der Waals surface area contributed by atoms with Crippen molar-refractivity contribution in [2.75, 3.05) is 25.0 Å². The lowest BCUT2D eigenvalue weighted by atomic mass is 9.99. The molecule has 0 spiro atoms. The number of hydrogen-bond donors (Lipinski definition) is 2. The van der Waals surface area contributed by atoms with E-state index in [1.165, 1.54) is 6.42 Å². The number of rotatable bonds is 5. The summed E-state index contributed by atoms with van der Waals surface area (Å²) in [5.74, 6) is 0.349. The van der Waals surface area contributed by atoms with E-state index in [4.69, 9.17) is 0 Å². The van der Waals surface area contributed by atoms with Gasteiger partial charge in [0.1, 0.15) is 0 Å². The molecule has 1 saturated heterocycles. The van der Waals surface area contributed by atoms with Crippen molar-refractivity contribution in [2.45, 2.75) is 46.6 Å². The Kier molecular flexibility index (Phi) is 6.37. The lowest BCUT2D eigenvalue weighted by molar-refractivity contribution is -0.128. The van der Waals surface area contributed by atoms with Gasteiger partial charge in [0.15, 0.2) is 0 Å². The second-order valence-corrected chi connectivity index (χ2v) is 6.95. The molecule has 1 aromatic rings. The largest absolute Gasteiger partial charge is 0.346 e. The number of nitrogens with zero attached hydrogens (tertiary/aromatic N) is 1. The predicted octanol–water partition coefficient (Wildman–Crippen LogP) is 2.48. The monoisotopic (exact) mass is 331 g/mol. The number of anilines is 1. The highest BCUT2D eigenvalue weighted by molar-refractivity contribution is 5.96. The van der Waals surface area contributed by atoms with Crippen LogP contribution in [0.1, 0.15) is 37.8 Å². The number of nitrogens with one attached hydrogen (secondary N) is 2. The molecule has 24 heavy (non-hydrogen) atoms. The SMILES string of the molecule is Cc1cccc(C)c1NC(=O)CNC(=O)[C@@H](C)N1CCC[C@H](C)C1. The second kappa shape index (κ2) is 8.29. The van der Waals surface area contributed by atoms with Crippen LogP contribution in [0.3, 0.4) is 0 Å². The topological polar surface area (TPSA) is 61.4 Å². The van der Waals surface area contributed by atoms with E-state index in [0.717, 1.165) is 36.3 Å². The highest BCUT2D eigenvalue weighted by atomic mass is 16.2. The highest BCUT2D eigenvalue weighted by Crippen LogP contribution is 2.19. The fourth-order valence-corrected chi connectivity index (χ4v) is 3.25. The first kappa shape index (κ1) is 18.5. The first-order valence-corrected chi connectivity index (χ1v) is 8.76. The lowest BCUT2D eigenvalue weighted by Gasteiger charge is -2.34. The fraction of sp³-hybridized carbons (Fsp3) is 0.579. The zero-order valence-corrected chi connectivity index (χ0v) is 15.2. The van der Waals surface area contributed by atoms with Gasteiger partial charge in [0.2, 0.25) is 11.8 Å². The summed E-state index contributed by atoms with van der Waals surface area (Å²) in [5.41, 5.74) is 2.87. The van der Waals surface area contributed by atoms with Crippen LogP contribution in [0.15, 0.2) is 18.2 Å². The number of carbonyl (C=O) groups is 2. The van der Waals surface area contributed by atoms with Crippen molar-refractivity contribution < 1.29 is 9.59 Å². The maximum absolute atomic E-state index is 12.3. The Bertz CT molecular complexity index is 580. The van der Waals surface area contributed by atoms with Gasteiger partial charge in [-0.25, -0.2) is 0 Å². The maximum Gasteiger partial charge on any atom is 0.243 e. The number of para-hydroxylation sites is 1. The fourth-order valence-electron chi connectivity index (χ4n) is 3.25. The molecule has 0 bridgehead atoms. The summed E-state index contributed by atoms with van der Waals surface area (Å²) in [7, 11) is 0. The molecule has 2 atom stereocenters. The molecular formula is C19H29N3O2. The molecule has 5 nitrogen and oxygen atoms in total. The van der Waals surface area contributed by atoms with Gasteiger partial charge in [0.25, 0.3) is 0 Å². The molecule has 2 rings (SSSR count). The van der Waals surface area contributed by atoms with Gasteiger partial charge >= 0.3 is 0 Å². The smallest absolute Gasteiger partial charge is 0.243 e. The van der Waals surface area contributed by atoms with Gasteiger partial charge in [-0.05, 0) is 57.2 Å². The standard InChI is InChI=1S/C19H29N3O2/c1-13-7-6-10-22(12-13)16(4)19(24)20-11-17(23)21-18-14(2)8-5-9-15(18)3/h5,8-9,13,16H,6-7,10-12H2,1-4H3,(H,20,24)(H,21,23)/t13-,16+/m0/s1. The highest BCUT2D eigenvalue weighted by Gasteiger charge is 2.25. The van der Waals surface area contributed by atoms with Crippen LogP contribution in [-0.2, 0) is 9.59 Å². The number of aryl methyl sites for hydroxylation is 2. The zero-order chi connectivity index (χ0) is 17.7. The molecule has 0 saturated carbocycles. The molecule has 1 aliphatic heterocycles. The molecule has 2 amide bonds. The minimum atomic E-state index is -0.194. The molecule has 1 aliphatic rings. The Hall–Kier alpha value is -1.88. The number of piperidine rings is 1. The van der Waals surface area contributed by atoms with Gasteiger partial charge in [-0.2, -0.15) is 0 Å². The van der Waals surface area contributed by atoms with Crippen molar-refractivity contribution in [1.29, 1.82) is 0 Å². The Labute approximate surface area is 144 Å². The van der Waals surface area contributed by atoms with Gasteiger partial charge in [0, 0.05) is 12.2 Å². The van der Waals surface area contributed by atoms with E-state index in [1.54, 1.807) is 0 Å². The molecule has 0 unspecified atom stereocenters. The molecule has 132 valence electrons. The summed E-state index contributed by atoms with van der Waals surface area (Å²) in [4.78, 5) is 26.6. The third-order valence-corrected chi connectivity index (χ3v) is 4.78. The summed E-state index contributed by atoms with van der Waals surface area (Å²) in [6.45, 7) is 9.95. The van der Waals surface area contributed by atoms with Crippen LogP contribution in [0.2, 0.25) is 0 Å². The normalized spacial score (nSPS) is 19.6. The first-order valence-electron chi connectivity index (χ1n) is 8.76. The van der Waals surface area contributed by atoms with Crippen molar-refractivity contribution in [2.24, 2.45) is 5.92 Å². The van der Waals surface area contributed by atoms with Crippen molar-refractivity contribution >= 4 is 17.5 Å². The Balaban J connectivity index is 1.83. The number of carbonyl (C=O) groups excluding carboxylic acids is 2. The quantitative estimate of drug-likeness (QED) is 0.871. The Morgan fingerprint density at radius 2 is 1.96 bits per heavy atom. The van der Waals surface area contributed by atoms with Gasteiger partial charge in [-0.15, -0.1) is 0 Å². The average Bonchev–Trinajstić information content (AvgIpc) is 2.55. The van der Waals surface area contributed by atoms with Gasteiger partial charge < -0.3 is 10.6 Å². The molecular weight excluding hydrogens is 302 g/mol. The van der Waals surface area contributed by atoms with E-state index in [2.05, 4.69) is 22.5 Å². The third-order valence-electron chi connectivity index (χ3n) is 4.78. The van der Waals surface area contributed by atoms with Crippen molar-refractivity contribution in [3.63, 3.8) is 0 Å². The number of likely N-dealkylation sites (tertiary alicyclic amines) is 1. The number of hydrogen-bond acceptors (Lipinski definition) is 3.